The molecule has 1 heteroatoms. The molecule has 2 aromatic carbocycles. The SMILES string of the molecule is [CH2]C1Cc2cccc(-c3c(C)cccc3C)c2O1. The van der Waals surface area contributed by atoms with E-state index in [4.69, 9.17) is 4.74 Å². The number of ether oxygens (including phenoxy) is 1. The molecule has 0 bridgehead atoms. The summed E-state index contributed by atoms with van der Waals surface area (Å²) >= 11 is 0. The van der Waals surface area contributed by atoms with Crippen LogP contribution in [-0.4, -0.2) is 6.10 Å². The Morgan fingerprint density at radius 3 is 2.44 bits per heavy atom. The van der Waals surface area contributed by atoms with Crippen LogP contribution < -0.4 is 4.74 Å². The molecule has 2 aromatic rings. The average molecular weight is 237 g/mol. The second-order valence-electron chi connectivity index (χ2n) is 5.00. The Hall–Kier alpha value is -1.76. The molecular weight excluding hydrogens is 220 g/mol. The molecule has 0 aliphatic carbocycles. The minimum Gasteiger partial charge on any atom is -0.489 e. The van der Waals surface area contributed by atoms with E-state index in [-0.39, 0.29) is 6.10 Å². The van der Waals surface area contributed by atoms with Gasteiger partial charge in [-0.1, -0.05) is 36.4 Å². The van der Waals surface area contributed by atoms with Gasteiger partial charge in [0, 0.05) is 12.0 Å². The zero-order chi connectivity index (χ0) is 12.7. The summed E-state index contributed by atoms with van der Waals surface area (Å²) in [6.07, 6.45) is 0.958. The largest absolute Gasteiger partial charge is 0.489 e. The van der Waals surface area contributed by atoms with Crippen LogP contribution in [0.4, 0.5) is 0 Å². The Morgan fingerprint density at radius 2 is 1.72 bits per heavy atom. The Labute approximate surface area is 108 Å². The number of aryl methyl sites for hydroxylation is 2. The van der Waals surface area contributed by atoms with Crippen LogP contribution in [-0.2, 0) is 6.42 Å². The van der Waals surface area contributed by atoms with Crippen LogP contribution in [0.1, 0.15) is 16.7 Å². The fourth-order valence-corrected chi connectivity index (χ4v) is 2.77. The molecule has 1 radical (unpaired) electrons. The van der Waals surface area contributed by atoms with Gasteiger partial charge in [0.1, 0.15) is 11.9 Å². The lowest BCUT2D eigenvalue weighted by molar-refractivity contribution is 0.282. The molecule has 0 fully saturated rings. The van der Waals surface area contributed by atoms with Gasteiger partial charge in [0.2, 0.25) is 0 Å². The van der Waals surface area contributed by atoms with E-state index in [0.717, 1.165) is 12.2 Å². The highest BCUT2D eigenvalue weighted by molar-refractivity contribution is 5.78. The number of fused-ring (bicyclic) bond motifs is 1. The topological polar surface area (TPSA) is 9.23 Å². The van der Waals surface area contributed by atoms with Crippen LogP contribution in [0.25, 0.3) is 11.1 Å². The fraction of sp³-hybridized carbons (Fsp3) is 0.235. The first kappa shape index (κ1) is 11.3. The van der Waals surface area contributed by atoms with Gasteiger partial charge in [-0.25, -0.2) is 0 Å². The number of benzene rings is 2. The van der Waals surface area contributed by atoms with Crippen LogP contribution >= 0.6 is 0 Å². The summed E-state index contributed by atoms with van der Waals surface area (Å²) in [5.74, 6) is 1.02. The van der Waals surface area contributed by atoms with Gasteiger partial charge in [0.15, 0.2) is 0 Å². The fourth-order valence-electron chi connectivity index (χ4n) is 2.77. The van der Waals surface area contributed by atoms with Crippen molar-refractivity contribution in [3.8, 4) is 16.9 Å². The molecule has 0 saturated carbocycles. The minimum absolute atomic E-state index is 0.0467. The molecule has 0 spiro atoms. The Kier molecular flexibility index (Phi) is 2.62. The predicted molar refractivity (Wildman–Crippen MR) is 74.8 cm³/mol. The van der Waals surface area contributed by atoms with Crippen molar-refractivity contribution in [3.63, 3.8) is 0 Å². The predicted octanol–water partition coefficient (Wildman–Crippen LogP) is 4.11. The summed E-state index contributed by atoms with van der Waals surface area (Å²) in [6, 6.07) is 12.8. The van der Waals surface area contributed by atoms with E-state index in [1.165, 1.54) is 27.8 Å². The molecule has 1 atom stereocenters. The highest BCUT2D eigenvalue weighted by Gasteiger charge is 2.23. The Morgan fingerprint density at radius 1 is 1.06 bits per heavy atom. The molecular formula is C17H17O. The van der Waals surface area contributed by atoms with Gasteiger partial charge in [-0.2, -0.15) is 0 Å². The standard InChI is InChI=1S/C17H17O/c1-11-6-4-7-12(2)16(11)15-9-5-8-14-10-13(3)18-17(14)15/h4-9,13H,3,10H2,1-2H3. The summed E-state index contributed by atoms with van der Waals surface area (Å²) in [5, 5.41) is 0. The van der Waals surface area contributed by atoms with Gasteiger partial charge >= 0.3 is 0 Å². The maximum Gasteiger partial charge on any atom is 0.130 e. The molecule has 0 saturated heterocycles. The summed E-state index contributed by atoms with van der Waals surface area (Å²) in [4.78, 5) is 0. The van der Waals surface area contributed by atoms with Crippen LogP contribution in [0.15, 0.2) is 36.4 Å². The summed E-state index contributed by atoms with van der Waals surface area (Å²) in [5.41, 5.74) is 6.35. The van der Waals surface area contributed by atoms with Crippen molar-refractivity contribution in [2.45, 2.75) is 26.4 Å². The summed E-state index contributed by atoms with van der Waals surface area (Å²) < 4.78 is 5.89. The molecule has 3 rings (SSSR count). The van der Waals surface area contributed by atoms with Crippen molar-refractivity contribution in [2.75, 3.05) is 0 Å². The third-order valence-electron chi connectivity index (χ3n) is 3.58. The third kappa shape index (κ3) is 1.71. The maximum atomic E-state index is 5.89. The van der Waals surface area contributed by atoms with E-state index in [9.17, 15) is 0 Å². The highest BCUT2D eigenvalue weighted by Crippen LogP contribution is 2.40. The van der Waals surface area contributed by atoms with E-state index >= 15 is 0 Å². The van der Waals surface area contributed by atoms with Crippen molar-refractivity contribution >= 4 is 0 Å². The first-order chi connectivity index (χ1) is 8.66. The zero-order valence-electron chi connectivity index (χ0n) is 10.9. The molecule has 18 heavy (non-hydrogen) atoms. The zero-order valence-corrected chi connectivity index (χ0v) is 10.9. The number of para-hydroxylation sites is 1. The number of hydrogen-bond donors (Lipinski definition) is 0. The third-order valence-corrected chi connectivity index (χ3v) is 3.58. The Bertz CT molecular complexity index is 578. The monoisotopic (exact) mass is 237 g/mol. The second-order valence-corrected chi connectivity index (χ2v) is 5.00. The first-order valence-corrected chi connectivity index (χ1v) is 6.35. The molecule has 1 aliphatic rings. The average Bonchev–Trinajstić information content (AvgIpc) is 2.70. The molecule has 0 N–H and O–H groups in total. The molecule has 1 nitrogen and oxygen atoms in total. The van der Waals surface area contributed by atoms with Crippen molar-refractivity contribution in [1.29, 1.82) is 0 Å². The van der Waals surface area contributed by atoms with Gasteiger partial charge in [-0.05, 0) is 43.0 Å². The number of hydrogen-bond acceptors (Lipinski definition) is 1. The summed E-state index contributed by atoms with van der Waals surface area (Å²) in [7, 11) is 0. The maximum absolute atomic E-state index is 5.89. The van der Waals surface area contributed by atoms with E-state index in [0.29, 0.717) is 0 Å². The van der Waals surface area contributed by atoms with Crippen molar-refractivity contribution < 1.29 is 4.74 Å². The van der Waals surface area contributed by atoms with Crippen molar-refractivity contribution in [3.05, 3.63) is 60.0 Å². The smallest absolute Gasteiger partial charge is 0.130 e. The van der Waals surface area contributed by atoms with Gasteiger partial charge < -0.3 is 4.74 Å². The second kappa shape index (κ2) is 4.16. The Balaban J connectivity index is 2.23. The van der Waals surface area contributed by atoms with Crippen LogP contribution in [0, 0.1) is 20.8 Å². The molecule has 1 aliphatic heterocycles. The van der Waals surface area contributed by atoms with Crippen LogP contribution in [0.3, 0.4) is 0 Å². The van der Waals surface area contributed by atoms with Crippen LogP contribution in [0.2, 0.25) is 0 Å². The number of rotatable bonds is 1. The van der Waals surface area contributed by atoms with Crippen LogP contribution in [0.5, 0.6) is 5.75 Å². The molecule has 91 valence electrons. The molecule has 1 heterocycles. The van der Waals surface area contributed by atoms with E-state index < -0.39 is 0 Å². The minimum atomic E-state index is 0.0467. The van der Waals surface area contributed by atoms with Crippen molar-refractivity contribution in [2.24, 2.45) is 0 Å². The van der Waals surface area contributed by atoms with E-state index in [1.807, 2.05) is 0 Å². The lowest BCUT2D eigenvalue weighted by Gasteiger charge is -2.14. The van der Waals surface area contributed by atoms with Gasteiger partial charge in [-0.15, -0.1) is 0 Å². The lowest BCUT2D eigenvalue weighted by Crippen LogP contribution is -2.06. The summed E-state index contributed by atoms with van der Waals surface area (Å²) in [6.45, 7) is 8.31. The van der Waals surface area contributed by atoms with Gasteiger partial charge in [0.05, 0.1) is 0 Å². The van der Waals surface area contributed by atoms with Gasteiger partial charge in [-0.3, -0.25) is 0 Å². The molecule has 0 aromatic heterocycles. The van der Waals surface area contributed by atoms with E-state index in [1.54, 1.807) is 0 Å². The normalized spacial score (nSPS) is 17.4. The van der Waals surface area contributed by atoms with E-state index in [2.05, 4.69) is 57.2 Å². The molecule has 1 unspecified atom stereocenters. The van der Waals surface area contributed by atoms with Crippen molar-refractivity contribution in [1.82, 2.24) is 0 Å². The lowest BCUT2D eigenvalue weighted by atomic mass is 9.93. The molecule has 0 amide bonds. The highest BCUT2D eigenvalue weighted by atomic mass is 16.5. The van der Waals surface area contributed by atoms with Gasteiger partial charge in [0.25, 0.3) is 0 Å². The quantitative estimate of drug-likeness (QED) is 0.725. The first-order valence-electron chi connectivity index (χ1n) is 6.35.